The molecule has 1 saturated heterocycles. The maximum Gasteiger partial charge on any atom is 0.272 e. The first-order chi connectivity index (χ1) is 14.0. The smallest absolute Gasteiger partial charge is 0.272 e. The van der Waals surface area contributed by atoms with E-state index in [2.05, 4.69) is 15.6 Å². The molecular formula is C21H30F2N4O2. The maximum absolute atomic E-state index is 12.6. The van der Waals surface area contributed by atoms with Gasteiger partial charge in [-0.25, -0.2) is 8.78 Å². The molecule has 0 spiro atoms. The van der Waals surface area contributed by atoms with Crippen molar-refractivity contribution in [3.8, 4) is 5.75 Å². The summed E-state index contributed by atoms with van der Waals surface area (Å²) < 4.78 is 29.7. The second kappa shape index (κ2) is 10.4. The number of carbonyl (C=O) groups is 1. The van der Waals surface area contributed by atoms with E-state index in [1.165, 1.54) is 0 Å². The number of halogens is 2. The highest BCUT2D eigenvalue weighted by Gasteiger charge is 2.32. The van der Waals surface area contributed by atoms with Gasteiger partial charge >= 0.3 is 0 Å². The predicted octanol–water partition coefficient (Wildman–Crippen LogP) is 2.79. The Kier molecular flexibility index (Phi) is 7.66. The Bertz CT molecular complexity index is 708. The zero-order chi connectivity index (χ0) is 20.6. The van der Waals surface area contributed by atoms with Gasteiger partial charge in [-0.05, 0) is 37.0 Å². The second-order valence-electron chi connectivity index (χ2n) is 7.67. The van der Waals surface area contributed by atoms with E-state index >= 15 is 0 Å². The van der Waals surface area contributed by atoms with E-state index in [0.29, 0.717) is 30.7 Å². The van der Waals surface area contributed by atoms with Crippen molar-refractivity contribution in [3.05, 3.63) is 29.8 Å². The van der Waals surface area contributed by atoms with Crippen LogP contribution in [0.3, 0.4) is 0 Å². The molecule has 3 rings (SSSR count). The maximum atomic E-state index is 12.6. The Labute approximate surface area is 170 Å². The van der Waals surface area contributed by atoms with Gasteiger partial charge in [0, 0.05) is 38.6 Å². The number of hydrogen-bond donors (Lipinski definition) is 2. The molecule has 1 aliphatic carbocycles. The Morgan fingerprint density at radius 2 is 2.10 bits per heavy atom. The highest BCUT2D eigenvalue weighted by molar-refractivity contribution is 5.81. The van der Waals surface area contributed by atoms with Crippen LogP contribution in [0.1, 0.15) is 37.7 Å². The number of alkyl halides is 2. The zero-order valence-corrected chi connectivity index (χ0v) is 16.9. The summed E-state index contributed by atoms with van der Waals surface area (Å²) in [6.45, 7) is 1.36. The molecule has 1 aliphatic heterocycles. The molecule has 6 nitrogen and oxygen atoms in total. The fourth-order valence-corrected chi connectivity index (χ4v) is 3.99. The lowest BCUT2D eigenvalue weighted by molar-refractivity contribution is -0.134. The minimum absolute atomic E-state index is 0.173. The molecule has 29 heavy (non-hydrogen) atoms. The summed E-state index contributed by atoms with van der Waals surface area (Å²) in [7, 11) is 1.70. The van der Waals surface area contributed by atoms with Gasteiger partial charge in [0.2, 0.25) is 5.91 Å². The van der Waals surface area contributed by atoms with Crippen LogP contribution in [0, 0.1) is 5.92 Å². The van der Waals surface area contributed by atoms with Gasteiger partial charge in [0.1, 0.15) is 12.4 Å². The van der Waals surface area contributed by atoms with Gasteiger partial charge in [-0.1, -0.05) is 25.0 Å². The number of rotatable bonds is 7. The predicted molar refractivity (Wildman–Crippen MR) is 108 cm³/mol. The quantitative estimate of drug-likeness (QED) is 0.538. The molecule has 0 radical (unpaired) electrons. The number of nitrogens with zero attached hydrogens (tertiary/aromatic N) is 2. The summed E-state index contributed by atoms with van der Waals surface area (Å²) >= 11 is 0. The minimum Gasteiger partial charge on any atom is -0.488 e. The minimum atomic E-state index is -2.49. The molecule has 1 atom stereocenters. The Morgan fingerprint density at radius 3 is 2.83 bits per heavy atom. The van der Waals surface area contributed by atoms with Crippen molar-refractivity contribution < 1.29 is 18.3 Å². The summed E-state index contributed by atoms with van der Waals surface area (Å²) in [4.78, 5) is 18.8. The number of amides is 1. The Hall–Kier alpha value is -2.38. The Morgan fingerprint density at radius 1 is 1.31 bits per heavy atom. The lowest BCUT2D eigenvalue weighted by Crippen LogP contribution is -2.45. The van der Waals surface area contributed by atoms with Gasteiger partial charge < -0.3 is 20.3 Å². The van der Waals surface area contributed by atoms with Crippen LogP contribution in [-0.2, 0) is 11.3 Å². The van der Waals surface area contributed by atoms with E-state index in [1.807, 2.05) is 11.0 Å². The van der Waals surface area contributed by atoms with Crippen LogP contribution in [0.15, 0.2) is 29.3 Å². The molecule has 1 saturated carbocycles. The van der Waals surface area contributed by atoms with Gasteiger partial charge in [0.15, 0.2) is 5.96 Å². The van der Waals surface area contributed by atoms with Crippen LogP contribution in [-0.4, -0.2) is 56.0 Å². The van der Waals surface area contributed by atoms with Crippen molar-refractivity contribution >= 4 is 11.9 Å². The molecule has 0 aromatic heterocycles. The molecule has 1 aromatic carbocycles. The number of aliphatic imine (C=N–C) groups is 1. The fourth-order valence-electron chi connectivity index (χ4n) is 3.99. The van der Waals surface area contributed by atoms with Gasteiger partial charge in [-0.15, -0.1) is 0 Å². The van der Waals surface area contributed by atoms with Crippen molar-refractivity contribution in [2.45, 2.75) is 51.1 Å². The third-order valence-electron chi connectivity index (χ3n) is 5.50. The summed E-state index contributed by atoms with van der Waals surface area (Å²) in [5.41, 5.74) is 0.907. The van der Waals surface area contributed by atoms with Gasteiger partial charge in [-0.2, -0.15) is 0 Å². The number of ether oxygens (including phenoxy) is 1. The first kappa shape index (κ1) is 21.3. The number of likely N-dealkylation sites (tertiary alicyclic amines) is 1. The third-order valence-corrected chi connectivity index (χ3v) is 5.50. The topological polar surface area (TPSA) is 66.0 Å². The second-order valence-corrected chi connectivity index (χ2v) is 7.67. The van der Waals surface area contributed by atoms with E-state index in [-0.39, 0.29) is 12.0 Å². The monoisotopic (exact) mass is 408 g/mol. The van der Waals surface area contributed by atoms with Crippen LogP contribution in [0.25, 0.3) is 0 Å². The first-order valence-corrected chi connectivity index (χ1v) is 10.3. The molecule has 1 heterocycles. The SMILES string of the molecule is CN=C(NCc1cccc(OCC(F)F)c1)NC1CCN(C(=O)C2CCCC2)C1. The lowest BCUT2D eigenvalue weighted by Gasteiger charge is -2.21. The average molecular weight is 408 g/mol. The van der Waals surface area contributed by atoms with Gasteiger partial charge in [-0.3, -0.25) is 9.79 Å². The molecule has 160 valence electrons. The largest absolute Gasteiger partial charge is 0.488 e. The number of benzene rings is 1. The molecule has 1 amide bonds. The summed E-state index contributed by atoms with van der Waals surface area (Å²) in [6.07, 6.45) is 2.78. The highest BCUT2D eigenvalue weighted by atomic mass is 19.3. The summed E-state index contributed by atoms with van der Waals surface area (Å²) in [5.74, 6) is 1.59. The van der Waals surface area contributed by atoms with Crippen molar-refractivity contribution in [3.63, 3.8) is 0 Å². The molecular weight excluding hydrogens is 378 g/mol. The molecule has 2 N–H and O–H groups in total. The van der Waals surface area contributed by atoms with Gasteiger partial charge in [0.25, 0.3) is 6.43 Å². The number of carbonyl (C=O) groups excluding carboxylic acids is 1. The molecule has 1 aromatic rings. The summed E-state index contributed by atoms with van der Waals surface area (Å²) in [5, 5.41) is 6.62. The molecule has 8 heteroatoms. The van der Waals surface area contributed by atoms with E-state index in [0.717, 1.165) is 44.2 Å². The van der Waals surface area contributed by atoms with Crippen molar-refractivity contribution in [1.29, 1.82) is 0 Å². The fraction of sp³-hybridized carbons (Fsp3) is 0.619. The molecule has 2 fully saturated rings. The third kappa shape index (κ3) is 6.30. The van der Waals surface area contributed by atoms with Crippen LogP contribution >= 0.6 is 0 Å². The number of hydrogen-bond acceptors (Lipinski definition) is 3. The normalized spacial score (nSPS) is 20.3. The molecule has 1 unspecified atom stereocenters. The molecule has 2 aliphatic rings. The number of guanidine groups is 1. The van der Waals surface area contributed by atoms with Crippen molar-refractivity contribution in [2.24, 2.45) is 10.9 Å². The Balaban J connectivity index is 1.45. The van der Waals surface area contributed by atoms with Crippen molar-refractivity contribution in [2.75, 3.05) is 26.7 Å². The van der Waals surface area contributed by atoms with Crippen LogP contribution in [0.2, 0.25) is 0 Å². The van der Waals surface area contributed by atoms with E-state index < -0.39 is 13.0 Å². The standard InChI is InChI=1S/C21H30F2N4O2/c1-24-21(25-12-15-5-4-8-18(11-15)29-14-19(22)23)26-17-9-10-27(13-17)20(28)16-6-2-3-7-16/h4-5,8,11,16-17,19H,2-3,6-7,9-10,12-14H2,1H3,(H2,24,25,26). The zero-order valence-electron chi connectivity index (χ0n) is 16.9. The summed E-state index contributed by atoms with van der Waals surface area (Å²) in [6, 6.07) is 7.24. The van der Waals surface area contributed by atoms with E-state index in [1.54, 1.807) is 25.2 Å². The average Bonchev–Trinajstić information content (AvgIpc) is 3.41. The van der Waals surface area contributed by atoms with Crippen molar-refractivity contribution in [1.82, 2.24) is 15.5 Å². The number of nitrogens with one attached hydrogen (secondary N) is 2. The van der Waals surface area contributed by atoms with E-state index in [9.17, 15) is 13.6 Å². The lowest BCUT2D eigenvalue weighted by atomic mass is 10.1. The highest BCUT2D eigenvalue weighted by Crippen LogP contribution is 2.27. The van der Waals surface area contributed by atoms with E-state index in [4.69, 9.17) is 4.74 Å². The van der Waals surface area contributed by atoms with Gasteiger partial charge in [0.05, 0.1) is 0 Å². The molecule has 0 bridgehead atoms. The van der Waals surface area contributed by atoms with Crippen LogP contribution in [0.5, 0.6) is 5.75 Å². The first-order valence-electron chi connectivity index (χ1n) is 10.3. The van der Waals surface area contributed by atoms with Crippen LogP contribution < -0.4 is 15.4 Å². The van der Waals surface area contributed by atoms with Crippen LogP contribution in [0.4, 0.5) is 8.78 Å².